The van der Waals surface area contributed by atoms with Crippen LogP contribution in [0.25, 0.3) is 0 Å². The van der Waals surface area contributed by atoms with Gasteiger partial charge in [-0.25, -0.2) is 0 Å². The van der Waals surface area contributed by atoms with Crippen LogP contribution in [0, 0.1) is 29.1 Å². The van der Waals surface area contributed by atoms with Gasteiger partial charge in [0.05, 0.1) is 12.2 Å². The fourth-order valence-corrected chi connectivity index (χ4v) is 6.10. The van der Waals surface area contributed by atoms with Crippen LogP contribution in [0.3, 0.4) is 0 Å². The van der Waals surface area contributed by atoms with Crippen molar-refractivity contribution >= 4 is 11.7 Å². The number of hydrogen-bond donors (Lipinski definition) is 2. The zero-order chi connectivity index (χ0) is 22.2. The number of Topliss-reactive ketones (excluding diaryl/α,β-unsaturated/α-hetero) is 1. The number of ether oxygens (including phenoxy) is 1. The lowest BCUT2D eigenvalue weighted by atomic mass is 9.54. The Morgan fingerprint density at radius 3 is 2.60 bits per heavy atom. The highest BCUT2D eigenvalue weighted by atomic mass is 16.5. The minimum absolute atomic E-state index is 0.0210. The molecular formula is C25H39NO4. The molecule has 3 aliphatic rings. The Morgan fingerprint density at radius 1 is 1.27 bits per heavy atom. The monoisotopic (exact) mass is 417 g/mol. The summed E-state index contributed by atoms with van der Waals surface area (Å²) in [6.07, 6.45) is 6.21. The van der Waals surface area contributed by atoms with Crippen LogP contribution in [-0.4, -0.2) is 42.2 Å². The number of rotatable bonds is 3. The lowest BCUT2D eigenvalue weighted by Gasteiger charge is -2.45. The Hall–Kier alpha value is -1.46. The predicted molar refractivity (Wildman–Crippen MR) is 118 cm³/mol. The van der Waals surface area contributed by atoms with Crippen molar-refractivity contribution in [1.29, 1.82) is 0 Å². The van der Waals surface area contributed by atoms with Gasteiger partial charge >= 0.3 is 0 Å². The summed E-state index contributed by atoms with van der Waals surface area (Å²) in [5.74, 6) is -0.0146. The van der Waals surface area contributed by atoms with E-state index < -0.39 is 17.6 Å². The third-order valence-electron chi connectivity index (χ3n) is 7.72. The topological polar surface area (TPSA) is 75.6 Å². The summed E-state index contributed by atoms with van der Waals surface area (Å²) >= 11 is 0. The zero-order valence-electron chi connectivity index (χ0n) is 19.4. The number of nitrogens with one attached hydrogen (secondary N) is 1. The normalized spacial score (nSPS) is 41.9. The molecular weight excluding hydrogens is 378 g/mol. The van der Waals surface area contributed by atoms with E-state index in [-0.39, 0.29) is 41.9 Å². The minimum atomic E-state index is -1.12. The molecule has 0 aromatic carbocycles. The predicted octanol–water partition coefficient (Wildman–Crippen LogP) is 3.81. The average molecular weight is 418 g/mol. The van der Waals surface area contributed by atoms with Gasteiger partial charge in [-0.15, -0.1) is 0 Å². The van der Waals surface area contributed by atoms with Gasteiger partial charge in [-0.3, -0.25) is 9.59 Å². The maximum Gasteiger partial charge on any atom is 0.235 e. The van der Waals surface area contributed by atoms with Crippen LogP contribution in [0.5, 0.6) is 0 Å². The third kappa shape index (κ3) is 3.91. The van der Waals surface area contributed by atoms with Crippen molar-refractivity contribution in [3.8, 4) is 0 Å². The first-order valence-electron chi connectivity index (χ1n) is 11.5. The number of ketones is 1. The van der Waals surface area contributed by atoms with E-state index in [4.69, 9.17) is 4.74 Å². The molecule has 1 aliphatic heterocycles. The second-order valence-electron chi connectivity index (χ2n) is 10.2. The number of carbonyl (C=O) groups excluding carboxylic acids is 2. The number of allylic oxidation sites excluding steroid dienone is 4. The van der Waals surface area contributed by atoms with Gasteiger partial charge in [-0.2, -0.15) is 0 Å². The summed E-state index contributed by atoms with van der Waals surface area (Å²) in [6, 6.07) is -0.0210. The summed E-state index contributed by atoms with van der Waals surface area (Å²) in [5, 5.41) is 13.9. The van der Waals surface area contributed by atoms with Crippen LogP contribution in [-0.2, 0) is 14.3 Å². The van der Waals surface area contributed by atoms with E-state index in [2.05, 4.69) is 52.1 Å². The Balaban J connectivity index is 2.18. The van der Waals surface area contributed by atoms with Crippen molar-refractivity contribution in [3.63, 3.8) is 0 Å². The molecule has 30 heavy (non-hydrogen) atoms. The van der Waals surface area contributed by atoms with Crippen molar-refractivity contribution in [3.05, 3.63) is 23.3 Å². The molecule has 1 saturated heterocycles. The van der Waals surface area contributed by atoms with Gasteiger partial charge in [0.1, 0.15) is 5.41 Å². The molecule has 0 bridgehead atoms. The zero-order valence-corrected chi connectivity index (χ0v) is 19.4. The summed E-state index contributed by atoms with van der Waals surface area (Å²) in [5.41, 5.74) is 1.30. The summed E-state index contributed by atoms with van der Waals surface area (Å²) in [7, 11) is 1.54. The molecule has 5 nitrogen and oxygen atoms in total. The van der Waals surface area contributed by atoms with Gasteiger partial charge in [0.2, 0.25) is 5.91 Å². The van der Waals surface area contributed by atoms with Gasteiger partial charge in [-0.1, -0.05) is 44.1 Å². The number of amides is 1. The Morgan fingerprint density at radius 2 is 1.97 bits per heavy atom. The van der Waals surface area contributed by atoms with Crippen molar-refractivity contribution in [2.45, 2.75) is 85.0 Å². The smallest absolute Gasteiger partial charge is 0.235 e. The standard InChI is InChI=1S/C25H39NO4/c1-14(2)10-19-23-17(5)16(4)12-18-11-15(3)8-7-9-20(27)21(30-6)13-22(28)25(18,23)24(29)26-19/h11-12,14,17-21,23,27H,7-10,13H2,1-6H3,(H,26,29)/b15-11-/t17-,18+,19-,20+,21-,23+,25+/m1/s1. The molecule has 0 aromatic rings. The molecule has 1 amide bonds. The largest absolute Gasteiger partial charge is 0.390 e. The molecule has 0 aromatic heterocycles. The molecule has 0 unspecified atom stereocenters. The SMILES string of the molecule is CO[C@@H]1CC(=O)[C@]23C(=O)N[C@H](CC(C)C)[C@@H]2[C@H](C)C(C)=C[C@@H]3/C=C(/C)CCC[C@@H]1O. The van der Waals surface area contributed by atoms with E-state index in [1.165, 1.54) is 11.1 Å². The molecule has 2 aliphatic carbocycles. The molecule has 1 fully saturated rings. The van der Waals surface area contributed by atoms with Gasteiger partial charge < -0.3 is 15.2 Å². The van der Waals surface area contributed by atoms with E-state index >= 15 is 0 Å². The first-order valence-corrected chi connectivity index (χ1v) is 11.5. The summed E-state index contributed by atoms with van der Waals surface area (Å²) < 4.78 is 5.54. The van der Waals surface area contributed by atoms with E-state index in [0.717, 1.165) is 19.3 Å². The Kier molecular flexibility index (Phi) is 6.93. The molecule has 3 rings (SSSR count). The maximum absolute atomic E-state index is 14.0. The number of aliphatic hydroxyl groups is 1. The summed E-state index contributed by atoms with van der Waals surface area (Å²) in [6.45, 7) is 10.7. The fraction of sp³-hybridized carbons (Fsp3) is 0.760. The maximum atomic E-state index is 14.0. The van der Waals surface area contributed by atoms with Crippen molar-refractivity contribution in [1.82, 2.24) is 5.32 Å². The molecule has 2 N–H and O–H groups in total. The van der Waals surface area contributed by atoms with Crippen molar-refractivity contribution in [2.75, 3.05) is 7.11 Å². The lowest BCUT2D eigenvalue weighted by Crippen LogP contribution is -2.53. The van der Waals surface area contributed by atoms with E-state index in [0.29, 0.717) is 12.3 Å². The second-order valence-corrected chi connectivity index (χ2v) is 10.2. The summed E-state index contributed by atoms with van der Waals surface area (Å²) in [4.78, 5) is 27.6. The van der Waals surface area contributed by atoms with Gasteiger partial charge in [-0.05, 0) is 51.4 Å². The lowest BCUT2D eigenvalue weighted by molar-refractivity contribution is -0.148. The molecule has 1 spiro atoms. The van der Waals surface area contributed by atoms with Gasteiger partial charge in [0.25, 0.3) is 0 Å². The Bertz CT molecular complexity index is 739. The van der Waals surface area contributed by atoms with Crippen LogP contribution in [0.1, 0.15) is 66.7 Å². The van der Waals surface area contributed by atoms with Gasteiger partial charge in [0, 0.05) is 31.4 Å². The number of aliphatic hydroxyl groups excluding tert-OH is 1. The molecule has 5 heteroatoms. The molecule has 0 radical (unpaired) electrons. The van der Waals surface area contributed by atoms with E-state index in [1.54, 1.807) is 7.11 Å². The van der Waals surface area contributed by atoms with Crippen molar-refractivity contribution < 1.29 is 19.4 Å². The second kappa shape index (κ2) is 8.96. The average Bonchev–Trinajstić information content (AvgIpc) is 2.94. The van der Waals surface area contributed by atoms with E-state index in [1.807, 2.05) is 0 Å². The van der Waals surface area contributed by atoms with Gasteiger partial charge in [0.15, 0.2) is 5.78 Å². The van der Waals surface area contributed by atoms with Crippen molar-refractivity contribution in [2.24, 2.45) is 29.1 Å². The van der Waals surface area contributed by atoms with Crippen LogP contribution in [0.4, 0.5) is 0 Å². The van der Waals surface area contributed by atoms with Crippen LogP contribution < -0.4 is 5.32 Å². The van der Waals surface area contributed by atoms with Crippen LogP contribution >= 0.6 is 0 Å². The highest BCUT2D eigenvalue weighted by Crippen LogP contribution is 2.55. The molecule has 168 valence electrons. The molecule has 1 heterocycles. The number of carbonyl (C=O) groups is 2. The minimum Gasteiger partial charge on any atom is -0.390 e. The first kappa shape index (κ1) is 23.2. The highest BCUT2D eigenvalue weighted by molar-refractivity contribution is 6.09. The molecule has 0 saturated carbocycles. The van der Waals surface area contributed by atoms with E-state index in [9.17, 15) is 14.7 Å². The highest BCUT2D eigenvalue weighted by Gasteiger charge is 2.65. The molecule has 7 atom stereocenters. The Labute approximate surface area is 181 Å². The number of methoxy groups -OCH3 is 1. The first-order chi connectivity index (χ1) is 14.1. The van der Waals surface area contributed by atoms with Crippen LogP contribution in [0.15, 0.2) is 23.3 Å². The third-order valence-corrected chi connectivity index (χ3v) is 7.72. The fourth-order valence-electron chi connectivity index (χ4n) is 6.10. The number of hydrogen-bond acceptors (Lipinski definition) is 4. The quantitative estimate of drug-likeness (QED) is 0.541. The van der Waals surface area contributed by atoms with Crippen LogP contribution in [0.2, 0.25) is 0 Å².